The van der Waals surface area contributed by atoms with Crippen molar-refractivity contribution in [1.29, 1.82) is 0 Å². The summed E-state index contributed by atoms with van der Waals surface area (Å²) in [6.07, 6.45) is 1.07. The minimum Gasteiger partial charge on any atom is -0.494 e. The standard InChI is InChI=1S/C19H21NO4/c1-2-24-17-10-5-14(6-11-17)7-12-18(21)20-13-15-3-8-16(9-4-15)19(22)23/h3-6,8-11H,2,7,12-13H2,1H3,(H,20,21)(H,22,23). The van der Waals surface area contributed by atoms with Crippen LogP contribution in [0, 0.1) is 0 Å². The molecule has 2 aromatic rings. The van der Waals surface area contributed by atoms with E-state index >= 15 is 0 Å². The van der Waals surface area contributed by atoms with Crippen LogP contribution in [0.15, 0.2) is 48.5 Å². The number of hydrogen-bond donors (Lipinski definition) is 2. The summed E-state index contributed by atoms with van der Waals surface area (Å²) in [6, 6.07) is 14.2. The lowest BCUT2D eigenvalue weighted by molar-refractivity contribution is -0.121. The number of aryl methyl sites for hydroxylation is 1. The van der Waals surface area contributed by atoms with Crippen molar-refractivity contribution in [2.24, 2.45) is 0 Å². The molecule has 0 fully saturated rings. The Balaban J connectivity index is 1.75. The number of carbonyl (C=O) groups is 2. The van der Waals surface area contributed by atoms with Crippen LogP contribution in [0.2, 0.25) is 0 Å². The SMILES string of the molecule is CCOc1ccc(CCC(=O)NCc2ccc(C(=O)O)cc2)cc1. The second kappa shape index (κ2) is 8.72. The molecule has 24 heavy (non-hydrogen) atoms. The number of rotatable bonds is 8. The van der Waals surface area contributed by atoms with Crippen molar-refractivity contribution < 1.29 is 19.4 Å². The molecule has 0 aliphatic heterocycles. The van der Waals surface area contributed by atoms with Crippen molar-refractivity contribution in [3.05, 3.63) is 65.2 Å². The zero-order chi connectivity index (χ0) is 17.4. The second-order valence-corrected chi connectivity index (χ2v) is 5.36. The minimum atomic E-state index is -0.957. The van der Waals surface area contributed by atoms with Crippen molar-refractivity contribution in [3.8, 4) is 5.75 Å². The van der Waals surface area contributed by atoms with Crippen LogP contribution >= 0.6 is 0 Å². The van der Waals surface area contributed by atoms with E-state index in [9.17, 15) is 9.59 Å². The van der Waals surface area contributed by atoms with Gasteiger partial charge in [-0.25, -0.2) is 4.79 Å². The molecule has 2 rings (SSSR count). The first-order valence-corrected chi connectivity index (χ1v) is 7.89. The maximum atomic E-state index is 11.9. The molecule has 0 radical (unpaired) electrons. The summed E-state index contributed by atoms with van der Waals surface area (Å²) in [5, 5.41) is 11.7. The summed E-state index contributed by atoms with van der Waals surface area (Å²) in [6.45, 7) is 2.96. The number of ether oxygens (including phenoxy) is 1. The van der Waals surface area contributed by atoms with Crippen LogP contribution < -0.4 is 10.1 Å². The van der Waals surface area contributed by atoms with E-state index in [1.807, 2.05) is 31.2 Å². The first-order valence-electron chi connectivity index (χ1n) is 7.89. The van der Waals surface area contributed by atoms with Gasteiger partial charge in [-0.05, 0) is 48.7 Å². The van der Waals surface area contributed by atoms with E-state index in [4.69, 9.17) is 9.84 Å². The smallest absolute Gasteiger partial charge is 0.335 e. The molecule has 0 spiro atoms. The van der Waals surface area contributed by atoms with Crippen LogP contribution in [-0.2, 0) is 17.8 Å². The fourth-order valence-corrected chi connectivity index (χ4v) is 2.23. The largest absolute Gasteiger partial charge is 0.494 e. The molecular weight excluding hydrogens is 306 g/mol. The van der Waals surface area contributed by atoms with Gasteiger partial charge in [0.2, 0.25) is 5.91 Å². The lowest BCUT2D eigenvalue weighted by Gasteiger charge is -2.07. The van der Waals surface area contributed by atoms with Crippen molar-refractivity contribution in [2.45, 2.75) is 26.3 Å². The molecule has 2 aromatic carbocycles. The predicted octanol–water partition coefficient (Wildman–Crippen LogP) is 3.03. The van der Waals surface area contributed by atoms with Gasteiger partial charge >= 0.3 is 5.97 Å². The van der Waals surface area contributed by atoms with Crippen LogP contribution in [0.4, 0.5) is 0 Å². The highest BCUT2D eigenvalue weighted by molar-refractivity contribution is 5.87. The molecule has 126 valence electrons. The van der Waals surface area contributed by atoms with Crippen molar-refractivity contribution in [2.75, 3.05) is 6.61 Å². The van der Waals surface area contributed by atoms with E-state index in [0.29, 0.717) is 26.0 Å². The molecule has 0 saturated heterocycles. The molecule has 1 amide bonds. The number of amides is 1. The number of benzene rings is 2. The second-order valence-electron chi connectivity index (χ2n) is 5.36. The average molecular weight is 327 g/mol. The summed E-state index contributed by atoms with van der Waals surface area (Å²) < 4.78 is 5.38. The van der Waals surface area contributed by atoms with Gasteiger partial charge in [-0.1, -0.05) is 24.3 Å². The van der Waals surface area contributed by atoms with Gasteiger partial charge in [-0.3, -0.25) is 4.79 Å². The van der Waals surface area contributed by atoms with Gasteiger partial charge in [0.05, 0.1) is 12.2 Å². The summed E-state index contributed by atoms with van der Waals surface area (Å²) in [5.74, 6) is -0.164. The molecule has 5 nitrogen and oxygen atoms in total. The number of carboxylic acids is 1. The van der Waals surface area contributed by atoms with E-state index in [0.717, 1.165) is 16.9 Å². The fraction of sp³-hybridized carbons (Fsp3) is 0.263. The maximum Gasteiger partial charge on any atom is 0.335 e. The third kappa shape index (κ3) is 5.43. The summed E-state index contributed by atoms with van der Waals surface area (Å²) >= 11 is 0. The molecule has 0 atom stereocenters. The molecule has 5 heteroatoms. The topological polar surface area (TPSA) is 75.6 Å². The molecule has 0 aliphatic carbocycles. The number of carboxylic acid groups (broad SMARTS) is 1. The van der Waals surface area contributed by atoms with E-state index in [1.54, 1.807) is 12.1 Å². The molecular formula is C19H21NO4. The van der Waals surface area contributed by atoms with E-state index in [-0.39, 0.29) is 11.5 Å². The molecule has 0 heterocycles. The van der Waals surface area contributed by atoms with Gasteiger partial charge in [0.25, 0.3) is 0 Å². The van der Waals surface area contributed by atoms with Crippen LogP contribution in [-0.4, -0.2) is 23.6 Å². The van der Waals surface area contributed by atoms with E-state index in [1.165, 1.54) is 12.1 Å². The average Bonchev–Trinajstić information content (AvgIpc) is 2.60. The van der Waals surface area contributed by atoms with Gasteiger partial charge in [-0.15, -0.1) is 0 Å². The normalized spacial score (nSPS) is 10.2. The lowest BCUT2D eigenvalue weighted by atomic mass is 10.1. The van der Waals surface area contributed by atoms with Crippen LogP contribution in [0.5, 0.6) is 5.75 Å². The molecule has 0 unspecified atom stereocenters. The zero-order valence-electron chi connectivity index (χ0n) is 13.6. The van der Waals surface area contributed by atoms with Crippen LogP contribution in [0.3, 0.4) is 0 Å². The van der Waals surface area contributed by atoms with Crippen LogP contribution in [0.1, 0.15) is 34.8 Å². The predicted molar refractivity (Wildman–Crippen MR) is 91.2 cm³/mol. The first kappa shape index (κ1) is 17.5. The highest BCUT2D eigenvalue weighted by Gasteiger charge is 2.05. The summed E-state index contributed by atoms with van der Waals surface area (Å²) in [5.41, 5.74) is 2.19. The molecule has 0 aliphatic rings. The Labute approximate surface area is 141 Å². The summed E-state index contributed by atoms with van der Waals surface area (Å²) in [7, 11) is 0. The summed E-state index contributed by atoms with van der Waals surface area (Å²) in [4.78, 5) is 22.7. The van der Waals surface area contributed by atoms with Gasteiger partial charge in [-0.2, -0.15) is 0 Å². The van der Waals surface area contributed by atoms with Gasteiger partial charge in [0.1, 0.15) is 5.75 Å². The highest BCUT2D eigenvalue weighted by atomic mass is 16.5. The van der Waals surface area contributed by atoms with Gasteiger partial charge in [0, 0.05) is 13.0 Å². The number of nitrogens with one attached hydrogen (secondary N) is 1. The van der Waals surface area contributed by atoms with Gasteiger partial charge in [0.15, 0.2) is 0 Å². The Bertz CT molecular complexity index is 678. The highest BCUT2D eigenvalue weighted by Crippen LogP contribution is 2.13. The zero-order valence-corrected chi connectivity index (χ0v) is 13.6. The number of carbonyl (C=O) groups excluding carboxylic acids is 1. The number of hydrogen-bond acceptors (Lipinski definition) is 3. The molecule has 0 saturated carbocycles. The first-order chi connectivity index (χ1) is 11.6. The number of aromatic carboxylic acids is 1. The minimum absolute atomic E-state index is 0.0359. The fourth-order valence-electron chi connectivity index (χ4n) is 2.23. The molecule has 0 aromatic heterocycles. The Morgan fingerprint density at radius 2 is 1.62 bits per heavy atom. The van der Waals surface area contributed by atoms with Crippen molar-refractivity contribution in [1.82, 2.24) is 5.32 Å². The lowest BCUT2D eigenvalue weighted by Crippen LogP contribution is -2.23. The molecule has 0 bridgehead atoms. The quantitative estimate of drug-likeness (QED) is 0.781. The maximum absolute atomic E-state index is 11.9. The van der Waals surface area contributed by atoms with Crippen molar-refractivity contribution >= 4 is 11.9 Å². The van der Waals surface area contributed by atoms with Gasteiger partial charge < -0.3 is 15.2 Å². The van der Waals surface area contributed by atoms with E-state index in [2.05, 4.69) is 5.32 Å². The third-order valence-electron chi connectivity index (χ3n) is 3.57. The monoisotopic (exact) mass is 327 g/mol. The van der Waals surface area contributed by atoms with Crippen molar-refractivity contribution in [3.63, 3.8) is 0 Å². The third-order valence-corrected chi connectivity index (χ3v) is 3.57. The Kier molecular flexibility index (Phi) is 6.37. The molecule has 2 N–H and O–H groups in total. The Morgan fingerprint density at radius 1 is 1.00 bits per heavy atom. The van der Waals surface area contributed by atoms with Crippen LogP contribution in [0.25, 0.3) is 0 Å². The Hall–Kier alpha value is -2.82. The van der Waals surface area contributed by atoms with E-state index < -0.39 is 5.97 Å². The Morgan fingerprint density at radius 3 is 2.21 bits per heavy atom.